The van der Waals surface area contributed by atoms with E-state index in [1.807, 2.05) is 30.3 Å². The quantitative estimate of drug-likeness (QED) is 0.303. The lowest BCUT2D eigenvalue weighted by Crippen LogP contribution is -2.29. The van der Waals surface area contributed by atoms with Crippen LogP contribution in [0.4, 0.5) is 26.2 Å². The fourth-order valence-corrected chi connectivity index (χ4v) is 3.57. The first-order valence-electron chi connectivity index (χ1n) is 10.1. The number of anilines is 3. The molecule has 10 nitrogen and oxygen atoms in total. The van der Waals surface area contributed by atoms with Gasteiger partial charge in [0.15, 0.2) is 0 Å². The van der Waals surface area contributed by atoms with Crippen molar-refractivity contribution in [3.8, 4) is 11.5 Å². The molecule has 0 radical (unpaired) electrons. The highest BCUT2D eigenvalue weighted by Crippen LogP contribution is 2.36. The number of aliphatic hydroxyl groups is 1. The van der Waals surface area contributed by atoms with Crippen LogP contribution in [0.15, 0.2) is 65.5 Å². The van der Waals surface area contributed by atoms with Crippen LogP contribution in [0.5, 0.6) is 0 Å². The predicted octanol–water partition coefficient (Wildman–Crippen LogP) is 3.21. The van der Waals surface area contributed by atoms with Crippen LogP contribution in [0.25, 0.3) is 11.5 Å². The molecule has 1 aliphatic rings. The van der Waals surface area contributed by atoms with Crippen molar-refractivity contribution >= 4 is 23.4 Å². The highest BCUT2D eigenvalue weighted by Gasteiger charge is 2.44. The van der Waals surface area contributed by atoms with Crippen molar-refractivity contribution in [3.05, 3.63) is 77.8 Å². The third-order valence-electron chi connectivity index (χ3n) is 5.20. The Balaban J connectivity index is 1.48. The van der Waals surface area contributed by atoms with E-state index in [1.165, 1.54) is 18.3 Å². The number of halogens is 2. The number of nitrogens with one attached hydrogen (secondary N) is 3. The summed E-state index contributed by atoms with van der Waals surface area (Å²) in [6.45, 7) is -0.235. The van der Waals surface area contributed by atoms with Gasteiger partial charge in [-0.3, -0.25) is 10.1 Å². The van der Waals surface area contributed by atoms with Gasteiger partial charge in [-0.2, -0.15) is 13.8 Å². The average molecular weight is 465 g/mol. The third-order valence-corrected chi connectivity index (χ3v) is 5.20. The Bertz CT molecular complexity index is 1330. The van der Waals surface area contributed by atoms with E-state index in [2.05, 4.69) is 30.8 Å². The van der Waals surface area contributed by atoms with Gasteiger partial charge in [0.2, 0.25) is 12.3 Å². The number of nitrogens with zero attached hydrogens (tertiary/aromatic N) is 4. The molecule has 0 aliphatic carbocycles. The Hall–Kier alpha value is -4.45. The van der Waals surface area contributed by atoms with Crippen LogP contribution in [0.3, 0.4) is 0 Å². The number of rotatable bonds is 7. The zero-order chi connectivity index (χ0) is 23.7. The number of aliphatic hydroxyl groups excluding tert-OH is 1. The molecular formula is C22H17F2N7O3. The summed E-state index contributed by atoms with van der Waals surface area (Å²) in [4.78, 5) is 20.4. The number of alkyl halides is 2. The minimum atomic E-state index is -3.47. The molecule has 3 heterocycles. The Morgan fingerprint density at radius 2 is 1.97 bits per heavy atom. The molecule has 2 aromatic carbocycles. The molecule has 2 aromatic heterocycles. The maximum Gasteiger partial charge on any atom is 0.353 e. The number of benzene rings is 2. The molecule has 4 N–H and O–H groups in total. The number of fused-ring (bicyclic) bond motifs is 1. The molecule has 5 rings (SSSR count). The van der Waals surface area contributed by atoms with Crippen LogP contribution in [0.1, 0.15) is 27.5 Å². The van der Waals surface area contributed by atoms with Gasteiger partial charge in [-0.25, -0.2) is 4.98 Å². The molecule has 34 heavy (non-hydrogen) atoms. The van der Waals surface area contributed by atoms with Gasteiger partial charge >= 0.3 is 6.05 Å². The lowest BCUT2D eigenvalue weighted by Gasteiger charge is -2.19. The van der Waals surface area contributed by atoms with Crippen molar-refractivity contribution in [1.29, 1.82) is 0 Å². The molecule has 172 valence electrons. The summed E-state index contributed by atoms with van der Waals surface area (Å²) < 4.78 is 33.4. The zero-order valence-corrected chi connectivity index (χ0v) is 17.4. The summed E-state index contributed by atoms with van der Waals surface area (Å²) in [7, 11) is 0. The van der Waals surface area contributed by atoms with Crippen LogP contribution in [-0.4, -0.2) is 37.8 Å². The summed E-state index contributed by atoms with van der Waals surface area (Å²) in [5.41, 5.74) is 0.917. The Kier molecular flexibility index (Phi) is 5.34. The van der Waals surface area contributed by atoms with Gasteiger partial charge in [0, 0.05) is 11.9 Å². The van der Waals surface area contributed by atoms with E-state index in [4.69, 9.17) is 4.42 Å². The maximum absolute atomic E-state index is 14.1. The van der Waals surface area contributed by atoms with Crippen LogP contribution in [0.2, 0.25) is 0 Å². The normalized spacial score (nSPS) is 14.9. The first-order valence-corrected chi connectivity index (χ1v) is 10.1. The predicted molar refractivity (Wildman–Crippen MR) is 116 cm³/mol. The Labute approximate surface area is 191 Å². The van der Waals surface area contributed by atoms with Gasteiger partial charge in [0.1, 0.15) is 5.82 Å². The highest BCUT2D eigenvalue weighted by molar-refractivity contribution is 5.99. The van der Waals surface area contributed by atoms with Crippen LogP contribution in [0, 0.1) is 0 Å². The van der Waals surface area contributed by atoms with E-state index in [1.54, 1.807) is 5.32 Å². The first-order chi connectivity index (χ1) is 16.4. The SMILES string of the molecule is O=C1NC(F)(F)c2cc(Nc3ncc(-c4nnco4)c(N[C@H](CO)c4ccccc4)n3)ccc21. The fourth-order valence-electron chi connectivity index (χ4n) is 3.57. The van der Waals surface area contributed by atoms with E-state index < -0.39 is 23.6 Å². The van der Waals surface area contributed by atoms with Gasteiger partial charge < -0.3 is 20.2 Å². The van der Waals surface area contributed by atoms with E-state index in [9.17, 15) is 18.7 Å². The van der Waals surface area contributed by atoms with Gasteiger partial charge in [0.25, 0.3) is 11.8 Å². The molecule has 1 amide bonds. The fraction of sp³-hybridized carbons (Fsp3) is 0.136. The molecule has 0 unspecified atom stereocenters. The second kappa shape index (κ2) is 8.48. The molecule has 12 heteroatoms. The molecule has 1 atom stereocenters. The van der Waals surface area contributed by atoms with Gasteiger partial charge in [-0.1, -0.05) is 30.3 Å². The molecule has 4 aromatic rings. The van der Waals surface area contributed by atoms with E-state index >= 15 is 0 Å². The Morgan fingerprint density at radius 3 is 2.71 bits per heavy atom. The van der Waals surface area contributed by atoms with Crippen molar-refractivity contribution in [2.75, 3.05) is 17.2 Å². The molecule has 0 spiro atoms. The highest BCUT2D eigenvalue weighted by atomic mass is 19.3. The molecule has 0 saturated heterocycles. The number of hydrogen-bond acceptors (Lipinski definition) is 9. The van der Waals surface area contributed by atoms with E-state index in [-0.39, 0.29) is 35.5 Å². The molecular weight excluding hydrogens is 448 g/mol. The Morgan fingerprint density at radius 1 is 1.15 bits per heavy atom. The first kappa shape index (κ1) is 21.4. The maximum atomic E-state index is 14.1. The van der Waals surface area contributed by atoms with Crippen molar-refractivity contribution in [3.63, 3.8) is 0 Å². The van der Waals surface area contributed by atoms with Crippen LogP contribution in [-0.2, 0) is 6.05 Å². The monoisotopic (exact) mass is 465 g/mol. The molecule has 0 saturated carbocycles. The summed E-state index contributed by atoms with van der Waals surface area (Å²) in [6.07, 6.45) is 2.59. The molecule has 0 fully saturated rings. The summed E-state index contributed by atoms with van der Waals surface area (Å²) >= 11 is 0. The molecule has 1 aliphatic heterocycles. The second-order valence-corrected chi connectivity index (χ2v) is 7.40. The number of carbonyl (C=O) groups is 1. The smallest absolute Gasteiger partial charge is 0.353 e. The second-order valence-electron chi connectivity index (χ2n) is 7.40. The minimum Gasteiger partial charge on any atom is -0.423 e. The number of amides is 1. The summed E-state index contributed by atoms with van der Waals surface area (Å²) in [6, 6.07) is 9.20. The van der Waals surface area contributed by atoms with Crippen molar-refractivity contribution in [2.45, 2.75) is 12.1 Å². The zero-order valence-electron chi connectivity index (χ0n) is 17.4. The van der Waals surface area contributed by atoms with Crippen molar-refractivity contribution in [2.24, 2.45) is 0 Å². The lowest BCUT2D eigenvalue weighted by molar-refractivity contribution is -0.0241. The van der Waals surface area contributed by atoms with Crippen LogP contribution < -0.4 is 16.0 Å². The van der Waals surface area contributed by atoms with E-state index in [0.29, 0.717) is 5.56 Å². The lowest BCUT2D eigenvalue weighted by atomic mass is 10.1. The van der Waals surface area contributed by atoms with Crippen molar-refractivity contribution < 1.29 is 23.1 Å². The topological polar surface area (TPSA) is 138 Å². The number of carbonyl (C=O) groups excluding carboxylic acids is 1. The summed E-state index contributed by atoms with van der Waals surface area (Å²) in [5.74, 6) is -0.334. The summed E-state index contributed by atoms with van der Waals surface area (Å²) in [5, 5.41) is 25.2. The minimum absolute atomic E-state index is 0.0797. The average Bonchev–Trinajstić information content (AvgIpc) is 3.44. The standard InChI is InChI=1S/C22H17F2N7O3/c23-22(24)16-8-13(6-7-14(16)19(33)30-22)27-21-25-9-15(20-31-26-11-34-20)18(29-21)28-17(10-32)12-4-2-1-3-5-12/h1-9,11,17,32H,10H2,(H,30,33)(H2,25,27,28,29)/t17-/m1/s1. The van der Waals surface area contributed by atoms with E-state index in [0.717, 1.165) is 18.0 Å². The van der Waals surface area contributed by atoms with Crippen LogP contribution >= 0.6 is 0 Å². The third kappa shape index (κ3) is 4.01. The van der Waals surface area contributed by atoms with Gasteiger partial charge in [-0.15, -0.1) is 10.2 Å². The van der Waals surface area contributed by atoms with Gasteiger partial charge in [0.05, 0.1) is 29.3 Å². The van der Waals surface area contributed by atoms with Gasteiger partial charge in [-0.05, 0) is 23.8 Å². The van der Waals surface area contributed by atoms with Crippen molar-refractivity contribution in [1.82, 2.24) is 25.5 Å². The molecule has 0 bridgehead atoms. The largest absolute Gasteiger partial charge is 0.423 e. The number of aromatic nitrogens is 4. The number of hydrogen-bond donors (Lipinski definition) is 4.